The van der Waals surface area contributed by atoms with Gasteiger partial charge in [0, 0.05) is 30.9 Å². The Morgan fingerprint density at radius 1 is 1.05 bits per heavy atom. The first-order valence-electron chi connectivity index (χ1n) is 13.7. The summed E-state index contributed by atoms with van der Waals surface area (Å²) < 4.78 is 17.0. The Bertz CT molecular complexity index is 1320. The zero-order valence-corrected chi connectivity index (χ0v) is 23.9. The van der Waals surface area contributed by atoms with E-state index in [0.29, 0.717) is 35.8 Å². The highest BCUT2D eigenvalue weighted by atomic mass is 35.5. The lowest BCUT2D eigenvalue weighted by Gasteiger charge is -2.29. The van der Waals surface area contributed by atoms with E-state index in [0.717, 1.165) is 61.6 Å². The van der Waals surface area contributed by atoms with Crippen LogP contribution in [-0.4, -0.2) is 67.9 Å². The number of anilines is 5. The summed E-state index contributed by atoms with van der Waals surface area (Å²) in [5.74, 6) is 2.31. The molecule has 0 amide bonds. The molecule has 5 rings (SSSR count). The highest BCUT2D eigenvalue weighted by molar-refractivity contribution is 6.33. The Hall–Kier alpha value is -3.31. The van der Waals surface area contributed by atoms with E-state index < -0.39 is 6.23 Å². The van der Waals surface area contributed by atoms with Gasteiger partial charge in [0.15, 0.2) is 5.82 Å². The number of aromatic nitrogens is 2. The van der Waals surface area contributed by atoms with Crippen LogP contribution >= 0.6 is 11.6 Å². The van der Waals surface area contributed by atoms with Crippen LogP contribution < -0.4 is 30.3 Å². The quantitative estimate of drug-likeness (QED) is 0.215. The molecule has 3 aromatic rings. The molecule has 2 aromatic carbocycles. The lowest BCUT2D eigenvalue weighted by molar-refractivity contribution is 0.122. The second kappa shape index (κ2) is 12.9. The molecule has 11 heteroatoms. The molecule has 0 spiro atoms. The maximum absolute atomic E-state index is 9.77. The number of halogens is 1. The third kappa shape index (κ3) is 6.52. The van der Waals surface area contributed by atoms with Crippen LogP contribution in [0.25, 0.3) is 0 Å². The van der Waals surface area contributed by atoms with Gasteiger partial charge in [0.1, 0.15) is 22.7 Å². The summed E-state index contributed by atoms with van der Waals surface area (Å²) in [5, 5.41) is 20.0. The number of nitrogens with one attached hydrogen (secondary N) is 3. The predicted molar refractivity (Wildman–Crippen MR) is 158 cm³/mol. The molecular formula is C29H37ClN6O4. The summed E-state index contributed by atoms with van der Waals surface area (Å²) in [4.78, 5) is 11.3. The average molecular weight is 569 g/mol. The first-order valence-corrected chi connectivity index (χ1v) is 14.0. The molecule has 2 heterocycles. The van der Waals surface area contributed by atoms with Crippen molar-refractivity contribution in [2.75, 3.05) is 56.1 Å². The van der Waals surface area contributed by atoms with Gasteiger partial charge in [0.05, 0.1) is 45.0 Å². The number of fused-ring (bicyclic) bond motifs is 1. The third-order valence-corrected chi connectivity index (χ3v) is 7.63. The van der Waals surface area contributed by atoms with Crippen LogP contribution in [0.1, 0.15) is 30.9 Å². The Morgan fingerprint density at radius 2 is 1.82 bits per heavy atom. The number of methoxy groups -OCH3 is 2. The minimum absolute atomic E-state index is 0.252. The van der Waals surface area contributed by atoms with Gasteiger partial charge in [-0.15, -0.1) is 0 Å². The smallest absolute Gasteiger partial charge is 0.229 e. The zero-order chi connectivity index (χ0) is 28.1. The number of hydrogen-bond donors (Lipinski definition) is 4. The van der Waals surface area contributed by atoms with Crippen molar-refractivity contribution in [1.29, 1.82) is 0 Å². The SMILES string of the molecule is COc1cc(N2CCOCC2)ccc1Nc1nc(Nc2ccc3c(c2OC)CCC(NC(C)O)CC3)ncc1Cl. The Balaban J connectivity index is 1.35. The largest absolute Gasteiger partial charge is 0.494 e. The Morgan fingerprint density at radius 3 is 2.58 bits per heavy atom. The van der Waals surface area contributed by atoms with E-state index in [9.17, 15) is 5.11 Å². The zero-order valence-electron chi connectivity index (χ0n) is 23.2. The van der Waals surface area contributed by atoms with Crippen molar-refractivity contribution >= 4 is 40.4 Å². The van der Waals surface area contributed by atoms with Crippen LogP contribution in [0, 0.1) is 0 Å². The van der Waals surface area contributed by atoms with Crippen LogP contribution in [0.15, 0.2) is 36.5 Å². The molecule has 1 saturated heterocycles. The minimum Gasteiger partial charge on any atom is -0.494 e. The fourth-order valence-electron chi connectivity index (χ4n) is 5.37. The van der Waals surface area contributed by atoms with E-state index in [4.69, 9.17) is 25.8 Å². The maximum Gasteiger partial charge on any atom is 0.229 e. The molecule has 2 atom stereocenters. The van der Waals surface area contributed by atoms with Gasteiger partial charge in [-0.1, -0.05) is 17.7 Å². The normalized spacial score (nSPS) is 17.9. The van der Waals surface area contributed by atoms with Gasteiger partial charge >= 0.3 is 0 Å². The Kier molecular flexibility index (Phi) is 9.11. The number of rotatable bonds is 9. The van der Waals surface area contributed by atoms with E-state index in [2.05, 4.69) is 36.9 Å². The van der Waals surface area contributed by atoms with Crippen molar-refractivity contribution in [1.82, 2.24) is 15.3 Å². The molecule has 2 aliphatic rings. The molecule has 2 unspecified atom stereocenters. The molecule has 0 bridgehead atoms. The van der Waals surface area contributed by atoms with Gasteiger partial charge < -0.3 is 34.9 Å². The molecule has 40 heavy (non-hydrogen) atoms. The molecule has 0 saturated carbocycles. The lowest BCUT2D eigenvalue weighted by atomic mass is 10.0. The number of aryl methyl sites for hydroxylation is 1. The predicted octanol–water partition coefficient (Wildman–Crippen LogP) is 4.65. The van der Waals surface area contributed by atoms with Crippen molar-refractivity contribution in [2.45, 2.75) is 44.9 Å². The summed E-state index contributed by atoms with van der Waals surface area (Å²) in [6.07, 6.45) is 4.66. The summed E-state index contributed by atoms with van der Waals surface area (Å²) in [6, 6.07) is 10.4. The number of aliphatic hydroxyl groups is 1. The third-order valence-electron chi connectivity index (χ3n) is 7.35. The average Bonchev–Trinajstić information content (AvgIpc) is 3.17. The second-order valence-electron chi connectivity index (χ2n) is 10.0. The number of ether oxygens (including phenoxy) is 3. The molecule has 10 nitrogen and oxygen atoms in total. The fraction of sp³-hybridized carbons (Fsp3) is 0.448. The van der Waals surface area contributed by atoms with Crippen LogP contribution in [0.4, 0.5) is 28.8 Å². The monoisotopic (exact) mass is 568 g/mol. The van der Waals surface area contributed by atoms with Crippen molar-refractivity contribution in [3.63, 3.8) is 0 Å². The van der Waals surface area contributed by atoms with E-state index in [1.54, 1.807) is 27.3 Å². The number of hydrogen-bond acceptors (Lipinski definition) is 10. The molecule has 1 aliphatic carbocycles. The maximum atomic E-state index is 9.77. The standard InChI is InChI=1S/C29H37ClN6O4/c1-18(37)32-20-6-4-19-5-10-25(27(39-3)22(19)9-7-20)34-29-31-17-23(30)28(35-29)33-24-11-8-21(16-26(24)38-2)36-12-14-40-15-13-36/h5,8,10-11,16-18,20,32,37H,4,6-7,9,12-15H2,1-3H3,(H2,31,33,34,35). The van der Waals surface area contributed by atoms with Crippen LogP contribution in [0.3, 0.4) is 0 Å². The van der Waals surface area contributed by atoms with E-state index in [-0.39, 0.29) is 6.04 Å². The minimum atomic E-state index is -0.530. The first kappa shape index (κ1) is 28.2. The second-order valence-corrected chi connectivity index (χ2v) is 10.4. The number of benzene rings is 2. The van der Waals surface area contributed by atoms with Crippen LogP contribution in [0.5, 0.6) is 11.5 Å². The summed E-state index contributed by atoms with van der Waals surface area (Å²) >= 11 is 6.49. The van der Waals surface area contributed by atoms with Crippen molar-refractivity contribution in [2.24, 2.45) is 0 Å². The van der Waals surface area contributed by atoms with Gasteiger partial charge in [0.25, 0.3) is 0 Å². The van der Waals surface area contributed by atoms with Gasteiger partial charge in [-0.2, -0.15) is 4.98 Å². The molecule has 4 N–H and O–H groups in total. The van der Waals surface area contributed by atoms with Gasteiger partial charge in [-0.3, -0.25) is 5.32 Å². The molecule has 0 radical (unpaired) electrons. The van der Waals surface area contributed by atoms with Crippen LogP contribution in [-0.2, 0) is 17.6 Å². The molecule has 1 fully saturated rings. The molecular weight excluding hydrogens is 532 g/mol. The summed E-state index contributed by atoms with van der Waals surface area (Å²) in [6.45, 7) is 4.86. The number of nitrogens with zero attached hydrogens (tertiary/aromatic N) is 3. The van der Waals surface area contributed by atoms with Crippen molar-refractivity contribution in [3.05, 3.63) is 52.7 Å². The van der Waals surface area contributed by atoms with Gasteiger partial charge in [-0.25, -0.2) is 4.98 Å². The van der Waals surface area contributed by atoms with Gasteiger partial charge in [0.2, 0.25) is 5.95 Å². The fourth-order valence-corrected chi connectivity index (χ4v) is 5.51. The van der Waals surface area contributed by atoms with Crippen LogP contribution in [0.2, 0.25) is 5.02 Å². The van der Waals surface area contributed by atoms with E-state index in [1.165, 1.54) is 11.1 Å². The summed E-state index contributed by atoms with van der Waals surface area (Å²) in [5.41, 5.74) is 5.02. The van der Waals surface area contributed by atoms with E-state index >= 15 is 0 Å². The first-order chi connectivity index (χ1) is 19.4. The molecule has 1 aliphatic heterocycles. The topological polar surface area (TPSA) is 113 Å². The number of aliphatic hydroxyl groups excluding tert-OH is 1. The van der Waals surface area contributed by atoms with Crippen molar-refractivity contribution < 1.29 is 19.3 Å². The lowest BCUT2D eigenvalue weighted by Crippen LogP contribution is -2.36. The molecule has 1 aromatic heterocycles. The highest BCUT2D eigenvalue weighted by Crippen LogP contribution is 2.38. The number of morpholine rings is 1. The highest BCUT2D eigenvalue weighted by Gasteiger charge is 2.22. The van der Waals surface area contributed by atoms with Crippen molar-refractivity contribution in [3.8, 4) is 11.5 Å². The summed E-state index contributed by atoms with van der Waals surface area (Å²) in [7, 11) is 3.32. The Labute approximate surface area is 240 Å². The van der Waals surface area contributed by atoms with Gasteiger partial charge in [-0.05, 0) is 61.9 Å². The van der Waals surface area contributed by atoms with E-state index in [1.807, 2.05) is 24.3 Å². The molecule has 214 valence electrons.